The molecule has 4 rings (SSSR count). The van der Waals surface area contributed by atoms with Crippen LogP contribution in [0.15, 0.2) is 48.5 Å². The van der Waals surface area contributed by atoms with E-state index in [1.54, 1.807) is 11.8 Å². The third kappa shape index (κ3) is 3.87. The van der Waals surface area contributed by atoms with Gasteiger partial charge in [0.1, 0.15) is 12.6 Å². The van der Waals surface area contributed by atoms with Crippen LogP contribution in [-0.2, 0) is 14.3 Å². The molecule has 0 bridgehead atoms. The summed E-state index contributed by atoms with van der Waals surface area (Å²) in [6, 6.07) is 15.4. The minimum atomic E-state index is -0.864. The van der Waals surface area contributed by atoms with E-state index in [2.05, 4.69) is 17.4 Å². The van der Waals surface area contributed by atoms with E-state index in [1.165, 1.54) is 0 Å². The van der Waals surface area contributed by atoms with E-state index >= 15 is 0 Å². The maximum absolute atomic E-state index is 12.4. The highest BCUT2D eigenvalue weighted by Crippen LogP contribution is 2.44. The first-order valence-electron chi connectivity index (χ1n) is 10.1. The highest BCUT2D eigenvalue weighted by Gasteiger charge is 2.35. The second kappa shape index (κ2) is 8.18. The first-order chi connectivity index (χ1) is 14.4. The topological polar surface area (TPSA) is 95.9 Å². The number of aliphatic carboxylic acids is 1. The minimum Gasteiger partial charge on any atom is -0.481 e. The van der Waals surface area contributed by atoms with Crippen LogP contribution in [0.5, 0.6) is 0 Å². The zero-order valence-electron chi connectivity index (χ0n) is 16.7. The maximum Gasteiger partial charge on any atom is 0.407 e. The highest BCUT2D eigenvalue weighted by molar-refractivity contribution is 5.86. The molecule has 2 N–H and O–H groups in total. The Balaban J connectivity index is 1.31. The smallest absolute Gasteiger partial charge is 0.407 e. The molecule has 1 atom stereocenters. The Kier molecular flexibility index (Phi) is 5.44. The van der Waals surface area contributed by atoms with Gasteiger partial charge in [0.2, 0.25) is 5.91 Å². The summed E-state index contributed by atoms with van der Waals surface area (Å²) in [6.45, 7) is 2.60. The number of carboxylic acids is 1. The first-order valence-corrected chi connectivity index (χ1v) is 10.1. The lowest BCUT2D eigenvalue weighted by atomic mass is 9.95. The van der Waals surface area contributed by atoms with Crippen LogP contribution in [0.3, 0.4) is 0 Å². The van der Waals surface area contributed by atoms with Gasteiger partial charge in [-0.15, -0.1) is 0 Å². The summed E-state index contributed by atoms with van der Waals surface area (Å²) >= 11 is 0. The van der Waals surface area contributed by atoms with Gasteiger partial charge in [0.05, 0.1) is 6.42 Å². The molecular weight excluding hydrogens is 384 g/mol. The maximum atomic E-state index is 12.4. The lowest BCUT2D eigenvalue weighted by Gasteiger charge is -2.39. The number of amides is 2. The van der Waals surface area contributed by atoms with Crippen molar-refractivity contribution in [2.75, 3.05) is 19.7 Å². The third-order valence-electron chi connectivity index (χ3n) is 5.78. The number of ether oxygens (including phenoxy) is 1. The van der Waals surface area contributed by atoms with Gasteiger partial charge in [0.25, 0.3) is 0 Å². The molecule has 156 valence electrons. The summed E-state index contributed by atoms with van der Waals surface area (Å²) in [5, 5.41) is 11.4. The van der Waals surface area contributed by atoms with Crippen molar-refractivity contribution >= 4 is 18.0 Å². The number of nitrogens with one attached hydrogen (secondary N) is 1. The fraction of sp³-hybridized carbons (Fsp3) is 0.348. The summed E-state index contributed by atoms with van der Waals surface area (Å²) in [5.41, 5.74) is 4.56. The third-order valence-corrected chi connectivity index (χ3v) is 5.78. The van der Waals surface area contributed by atoms with Crippen molar-refractivity contribution in [2.45, 2.75) is 25.3 Å². The van der Waals surface area contributed by atoms with Crippen molar-refractivity contribution in [3.63, 3.8) is 0 Å². The van der Waals surface area contributed by atoms with Crippen LogP contribution in [0.25, 0.3) is 11.1 Å². The Labute approximate surface area is 174 Å². The van der Waals surface area contributed by atoms with Crippen molar-refractivity contribution in [2.24, 2.45) is 5.92 Å². The number of hydrogen-bond donors (Lipinski definition) is 2. The number of rotatable bonds is 6. The van der Waals surface area contributed by atoms with Crippen molar-refractivity contribution in [3.8, 4) is 11.1 Å². The van der Waals surface area contributed by atoms with Gasteiger partial charge >= 0.3 is 12.1 Å². The molecule has 7 nitrogen and oxygen atoms in total. The van der Waals surface area contributed by atoms with E-state index in [1.807, 2.05) is 36.4 Å². The quantitative estimate of drug-likeness (QED) is 0.766. The lowest BCUT2D eigenvalue weighted by molar-refractivity contribution is -0.145. The Morgan fingerprint density at radius 3 is 2.20 bits per heavy atom. The zero-order chi connectivity index (χ0) is 21.3. The van der Waals surface area contributed by atoms with Gasteiger partial charge in [-0.2, -0.15) is 0 Å². The summed E-state index contributed by atoms with van der Waals surface area (Å²) < 4.78 is 5.47. The number of hydrogen-bond acceptors (Lipinski definition) is 4. The number of likely N-dealkylation sites (tertiary alicyclic amines) is 1. The minimum absolute atomic E-state index is 0.0203. The van der Waals surface area contributed by atoms with Gasteiger partial charge in [-0.05, 0) is 29.2 Å². The van der Waals surface area contributed by atoms with Crippen LogP contribution in [0.4, 0.5) is 4.79 Å². The number of fused-ring (bicyclic) bond motifs is 3. The molecule has 1 fully saturated rings. The van der Waals surface area contributed by atoms with Gasteiger partial charge in [-0.1, -0.05) is 48.5 Å². The molecule has 2 aromatic rings. The van der Waals surface area contributed by atoms with Gasteiger partial charge in [-0.25, -0.2) is 4.79 Å². The van der Waals surface area contributed by atoms with Crippen molar-refractivity contribution in [1.29, 1.82) is 0 Å². The summed E-state index contributed by atoms with van der Waals surface area (Å²) in [5.74, 6) is -1.16. The summed E-state index contributed by atoms with van der Waals surface area (Å²) in [7, 11) is 0. The predicted molar refractivity (Wildman–Crippen MR) is 110 cm³/mol. The zero-order valence-corrected chi connectivity index (χ0v) is 16.7. The summed E-state index contributed by atoms with van der Waals surface area (Å²) in [4.78, 5) is 37.0. The normalized spacial score (nSPS) is 16.2. The number of benzene rings is 2. The molecule has 0 aromatic heterocycles. The molecule has 1 saturated heterocycles. The molecule has 0 saturated carbocycles. The molecule has 2 amide bonds. The molecule has 7 heteroatoms. The van der Waals surface area contributed by atoms with Crippen LogP contribution < -0.4 is 5.32 Å². The van der Waals surface area contributed by atoms with Gasteiger partial charge in [0, 0.05) is 24.9 Å². The van der Waals surface area contributed by atoms with Crippen LogP contribution in [0, 0.1) is 5.92 Å². The van der Waals surface area contributed by atoms with E-state index in [-0.39, 0.29) is 30.8 Å². The SMILES string of the molecule is C[C@@H](NC(=O)OCC1c2ccccc2-c2ccccc21)C(=O)N1CC(CC(=O)O)C1. The molecule has 30 heavy (non-hydrogen) atoms. The Morgan fingerprint density at radius 1 is 1.07 bits per heavy atom. The van der Waals surface area contributed by atoms with E-state index in [4.69, 9.17) is 9.84 Å². The summed E-state index contributed by atoms with van der Waals surface area (Å²) in [6.07, 6.45) is -0.585. The molecule has 0 radical (unpaired) electrons. The molecule has 1 heterocycles. The Morgan fingerprint density at radius 2 is 1.63 bits per heavy atom. The number of nitrogens with zero attached hydrogens (tertiary/aromatic N) is 1. The van der Waals surface area contributed by atoms with Gasteiger partial charge in [-0.3, -0.25) is 9.59 Å². The molecular formula is C23H24N2O5. The molecule has 2 aromatic carbocycles. The highest BCUT2D eigenvalue weighted by atomic mass is 16.5. The van der Waals surface area contributed by atoms with E-state index in [0.717, 1.165) is 22.3 Å². The molecule has 1 aliphatic heterocycles. The second-order valence-corrected chi connectivity index (χ2v) is 7.90. The average molecular weight is 408 g/mol. The average Bonchev–Trinajstić information content (AvgIpc) is 3.02. The van der Waals surface area contributed by atoms with Crippen LogP contribution in [0.1, 0.15) is 30.4 Å². The Bertz CT molecular complexity index is 938. The monoisotopic (exact) mass is 408 g/mol. The standard InChI is InChI=1S/C23H24N2O5/c1-14(22(28)25-11-15(12-25)10-21(26)27)24-23(29)30-13-20-18-8-4-2-6-16(18)17-7-3-5-9-19(17)20/h2-9,14-15,20H,10-13H2,1H3,(H,24,29)(H,26,27)/t14-/m1/s1. The van der Waals surface area contributed by atoms with Crippen LogP contribution in [-0.4, -0.2) is 53.7 Å². The number of carbonyl (C=O) groups is 3. The fourth-order valence-electron chi connectivity index (χ4n) is 4.28. The number of alkyl carbamates (subject to hydrolysis) is 1. The largest absolute Gasteiger partial charge is 0.481 e. The van der Waals surface area contributed by atoms with Gasteiger partial charge < -0.3 is 20.1 Å². The van der Waals surface area contributed by atoms with Crippen molar-refractivity contribution in [3.05, 3.63) is 59.7 Å². The second-order valence-electron chi connectivity index (χ2n) is 7.90. The van der Waals surface area contributed by atoms with Crippen LogP contribution in [0.2, 0.25) is 0 Å². The fourth-order valence-corrected chi connectivity index (χ4v) is 4.28. The van der Waals surface area contributed by atoms with Crippen molar-refractivity contribution < 1.29 is 24.2 Å². The van der Waals surface area contributed by atoms with E-state index < -0.39 is 18.1 Å². The van der Waals surface area contributed by atoms with Crippen LogP contribution >= 0.6 is 0 Å². The first kappa shape index (κ1) is 19.9. The molecule has 0 spiro atoms. The number of carboxylic acid groups (broad SMARTS) is 1. The van der Waals surface area contributed by atoms with Crippen molar-refractivity contribution in [1.82, 2.24) is 10.2 Å². The lowest BCUT2D eigenvalue weighted by Crippen LogP contribution is -2.56. The molecule has 0 unspecified atom stereocenters. The molecule has 1 aliphatic carbocycles. The van der Waals surface area contributed by atoms with Gasteiger partial charge in [0.15, 0.2) is 0 Å². The molecule has 2 aliphatic rings. The Hall–Kier alpha value is -3.35. The van der Waals surface area contributed by atoms with E-state index in [9.17, 15) is 14.4 Å². The number of carbonyl (C=O) groups excluding carboxylic acids is 2. The predicted octanol–water partition coefficient (Wildman–Crippen LogP) is 2.85. The van der Waals surface area contributed by atoms with E-state index in [0.29, 0.717) is 13.1 Å².